The molecule has 0 bridgehead atoms. The minimum Gasteiger partial charge on any atom is -0.493 e. The van der Waals surface area contributed by atoms with Crippen LogP contribution in [0.5, 0.6) is 11.5 Å². The Balaban J connectivity index is 2.40. The quantitative estimate of drug-likeness (QED) is 0.779. The van der Waals surface area contributed by atoms with Crippen LogP contribution in [0.4, 0.5) is 0 Å². The van der Waals surface area contributed by atoms with Crippen molar-refractivity contribution in [2.75, 3.05) is 14.2 Å². The van der Waals surface area contributed by atoms with Crippen LogP contribution >= 0.6 is 11.8 Å². The summed E-state index contributed by atoms with van der Waals surface area (Å²) >= 11 is 1.48. The normalized spacial score (nSPS) is 10.0. The molecule has 0 aliphatic rings. The molecule has 98 valence electrons. The molecule has 0 heterocycles. The topological polar surface area (TPSA) is 35.5 Å². The number of methoxy groups -OCH3 is 2. The zero-order valence-corrected chi connectivity index (χ0v) is 11.6. The molecule has 0 aliphatic carbocycles. The summed E-state index contributed by atoms with van der Waals surface area (Å²) in [6.07, 6.45) is 0.856. The first-order valence-electron chi connectivity index (χ1n) is 5.73. The molecule has 0 aromatic heterocycles. The lowest BCUT2D eigenvalue weighted by Crippen LogP contribution is -1.92. The number of hydrogen-bond donors (Lipinski definition) is 0. The first kappa shape index (κ1) is 13.5. The molecule has 0 radical (unpaired) electrons. The van der Waals surface area contributed by atoms with Gasteiger partial charge >= 0.3 is 0 Å². The molecule has 0 aliphatic heterocycles. The summed E-state index contributed by atoms with van der Waals surface area (Å²) in [6, 6.07) is 13.1. The predicted molar refractivity (Wildman–Crippen MR) is 75.5 cm³/mol. The highest BCUT2D eigenvalue weighted by Gasteiger charge is 2.12. The van der Waals surface area contributed by atoms with E-state index in [-0.39, 0.29) is 0 Å². The molecule has 19 heavy (non-hydrogen) atoms. The van der Waals surface area contributed by atoms with Crippen molar-refractivity contribution in [2.45, 2.75) is 9.79 Å². The van der Waals surface area contributed by atoms with Gasteiger partial charge in [-0.25, -0.2) is 0 Å². The second kappa shape index (κ2) is 6.29. The first-order valence-corrected chi connectivity index (χ1v) is 6.55. The van der Waals surface area contributed by atoms with Gasteiger partial charge in [0.2, 0.25) is 0 Å². The number of aldehydes is 1. The summed E-state index contributed by atoms with van der Waals surface area (Å²) in [4.78, 5) is 12.8. The van der Waals surface area contributed by atoms with Crippen molar-refractivity contribution in [1.29, 1.82) is 0 Å². The Morgan fingerprint density at radius 3 is 2.37 bits per heavy atom. The molecular formula is C15H14O3S. The Bertz CT molecular complexity index is 581. The van der Waals surface area contributed by atoms with Gasteiger partial charge in [-0.3, -0.25) is 4.79 Å². The van der Waals surface area contributed by atoms with Gasteiger partial charge in [-0.2, -0.15) is 0 Å². The van der Waals surface area contributed by atoms with Crippen LogP contribution in [0.3, 0.4) is 0 Å². The van der Waals surface area contributed by atoms with Crippen molar-refractivity contribution in [3.05, 3.63) is 48.0 Å². The molecule has 0 unspecified atom stereocenters. The molecule has 2 aromatic rings. The van der Waals surface area contributed by atoms with Crippen molar-refractivity contribution in [3.63, 3.8) is 0 Å². The first-order chi connectivity index (χ1) is 9.30. The van der Waals surface area contributed by atoms with Gasteiger partial charge in [-0.1, -0.05) is 36.0 Å². The van der Waals surface area contributed by atoms with Crippen LogP contribution < -0.4 is 9.47 Å². The Morgan fingerprint density at radius 1 is 0.947 bits per heavy atom. The molecule has 0 saturated heterocycles. The van der Waals surface area contributed by atoms with Crippen LogP contribution in [0, 0.1) is 0 Å². The predicted octanol–water partition coefficient (Wildman–Crippen LogP) is 3.67. The van der Waals surface area contributed by atoms with E-state index in [1.165, 1.54) is 11.8 Å². The Kier molecular flexibility index (Phi) is 4.47. The van der Waals surface area contributed by atoms with Gasteiger partial charge in [-0.15, -0.1) is 0 Å². The third kappa shape index (κ3) is 2.90. The number of ether oxygens (including phenoxy) is 2. The summed E-state index contributed by atoms with van der Waals surface area (Å²) in [5.41, 5.74) is 0.664. The SMILES string of the molecule is COc1cccc(Sc2ccccc2C=O)c1OC. The minimum atomic E-state index is 0.664. The largest absolute Gasteiger partial charge is 0.493 e. The second-order valence-corrected chi connectivity index (χ2v) is 4.83. The van der Waals surface area contributed by atoms with E-state index in [1.807, 2.05) is 36.4 Å². The fourth-order valence-corrected chi connectivity index (χ4v) is 2.77. The summed E-state index contributed by atoms with van der Waals surface area (Å²) in [5.74, 6) is 1.35. The van der Waals surface area contributed by atoms with Gasteiger partial charge in [-0.05, 0) is 18.2 Å². The molecule has 3 nitrogen and oxygen atoms in total. The highest BCUT2D eigenvalue weighted by molar-refractivity contribution is 7.99. The van der Waals surface area contributed by atoms with Gasteiger partial charge in [0.1, 0.15) is 0 Å². The van der Waals surface area contributed by atoms with Gasteiger partial charge in [0.05, 0.1) is 19.1 Å². The molecule has 0 fully saturated rings. The fourth-order valence-electron chi connectivity index (χ4n) is 1.73. The van der Waals surface area contributed by atoms with E-state index < -0.39 is 0 Å². The Labute approximate surface area is 116 Å². The van der Waals surface area contributed by atoms with Gasteiger partial charge in [0.25, 0.3) is 0 Å². The molecule has 0 amide bonds. The number of carbonyl (C=O) groups excluding carboxylic acids is 1. The molecule has 0 spiro atoms. The maximum absolute atomic E-state index is 11.0. The van der Waals surface area contributed by atoms with Crippen LogP contribution in [0.2, 0.25) is 0 Å². The third-order valence-electron chi connectivity index (χ3n) is 2.63. The van der Waals surface area contributed by atoms with Crippen LogP contribution in [-0.4, -0.2) is 20.5 Å². The van der Waals surface area contributed by atoms with Gasteiger partial charge in [0.15, 0.2) is 17.8 Å². The molecule has 0 N–H and O–H groups in total. The molecular weight excluding hydrogens is 260 g/mol. The second-order valence-electron chi connectivity index (χ2n) is 3.75. The van der Waals surface area contributed by atoms with E-state index in [4.69, 9.17) is 9.47 Å². The monoisotopic (exact) mass is 274 g/mol. The van der Waals surface area contributed by atoms with E-state index in [0.717, 1.165) is 16.1 Å². The standard InChI is InChI=1S/C15H14O3S/c1-17-12-7-5-9-14(15(12)18-2)19-13-8-4-3-6-11(13)10-16/h3-10H,1-2H3. The van der Waals surface area contributed by atoms with Gasteiger partial charge < -0.3 is 9.47 Å². The number of para-hydroxylation sites is 1. The summed E-state index contributed by atoms with van der Waals surface area (Å²) in [6.45, 7) is 0. The fraction of sp³-hybridized carbons (Fsp3) is 0.133. The van der Waals surface area contributed by atoms with Crippen molar-refractivity contribution < 1.29 is 14.3 Å². The number of hydrogen-bond acceptors (Lipinski definition) is 4. The van der Waals surface area contributed by atoms with E-state index in [9.17, 15) is 4.79 Å². The lowest BCUT2D eigenvalue weighted by atomic mass is 10.2. The molecule has 0 saturated carbocycles. The van der Waals surface area contributed by atoms with Crippen LogP contribution in [-0.2, 0) is 0 Å². The van der Waals surface area contributed by atoms with Crippen molar-refractivity contribution in [3.8, 4) is 11.5 Å². The van der Waals surface area contributed by atoms with Crippen LogP contribution in [0.15, 0.2) is 52.3 Å². The third-order valence-corrected chi connectivity index (χ3v) is 3.77. The highest BCUT2D eigenvalue weighted by atomic mass is 32.2. The van der Waals surface area contributed by atoms with Crippen molar-refractivity contribution in [1.82, 2.24) is 0 Å². The van der Waals surface area contributed by atoms with Crippen molar-refractivity contribution >= 4 is 18.0 Å². The Hall–Kier alpha value is -1.94. The zero-order valence-electron chi connectivity index (χ0n) is 10.8. The maximum atomic E-state index is 11.0. The Morgan fingerprint density at radius 2 is 1.68 bits per heavy atom. The zero-order chi connectivity index (χ0) is 13.7. The smallest absolute Gasteiger partial charge is 0.174 e. The number of rotatable bonds is 5. The molecule has 2 aromatic carbocycles. The highest BCUT2D eigenvalue weighted by Crippen LogP contribution is 2.41. The lowest BCUT2D eigenvalue weighted by Gasteiger charge is -2.12. The molecule has 0 atom stereocenters. The van der Waals surface area contributed by atoms with Gasteiger partial charge in [0, 0.05) is 10.5 Å². The summed E-state index contributed by atoms with van der Waals surface area (Å²) in [7, 11) is 3.21. The lowest BCUT2D eigenvalue weighted by molar-refractivity contribution is 0.112. The molecule has 4 heteroatoms. The molecule has 2 rings (SSSR count). The average Bonchev–Trinajstić information content (AvgIpc) is 2.47. The summed E-state index contributed by atoms with van der Waals surface area (Å²) in [5, 5.41) is 0. The number of benzene rings is 2. The minimum absolute atomic E-state index is 0.664. The maximum Gasteiger partial charge on any atom is 0.174 e. The van der Waals surface area contributed by atoms with Crippen LogP contribution in [0.25, 0.3) is 0 Å². The van der Waals surface area contributed by atoms with Crippen LogP contribution in [0.1, 0.15) is 10.4 Å². The van der Waals surface area contributed by atoms with E-state index in [1.54, 1.807) is 20.3 Å². The van der Waals surface area contributed by atoms with E-state index in [2.05, 4.69) is 0 Å². The number of carbonyl (C=O) groups is 1. The summed E-state index contributed by atoms with van der Waals surface area (Å²) < 4.78 is 10.6. The van der Waals surface area contributed by atoms with E-state index in [0.29, 0.717) is 17.1 Å². The van der Waals surface area contributed by atoms with E-state index >= 15 is 0 Å². The van der Waals surface area contributed by atoms with Crippen molar-refractivity contribution in [2.24, 2.45) is 0 Å². The average molecular weight is 274 g/mol.